The van der Waals surface area contributed by atoms with Crippen molar-refractivity contribution in [3.05, 3.63) is 27.7 Å². The molecule has 0 bridgehead atoms. The standard InChI is InChI=1S/C11H11Cl2NO2S/c1-14-9(11(15)16-2)4-6-3-7(12)8(13)5-10(6)17-14/h3,5,9H,4H2,1-2H3. The molecule has 3 nitrogen and oxygen atoms in total. The van der Waals surface area contributed by atoms with E-state index in [9.17, 15) is 4.79 Å². The first-order valence-corrected chi connectivity index (χ1v) is 6.52. The quantitative estimate of drug-likeness (QED) is 0.588. The first kappa shape index (κ1) is 13.0. The van der Waals surface area contributed by atoms with E-state index in [1.54, 1.807) is 0 Å². The van der Waals surface area contributed by atoms with Crippen molar-refractivity contribution < 1.29 is 9.53 Å². The Kier molecular flexibility index (Phi) is 3.88. The van der Waals surface area contributed by atoms with Gasteiger partial charge in [0.05, 0.1) is 17.2 Å². The van der Waals surface area contributed by atoms with Gasteiger partial charge in [-0.2, -0.15) is 0 Å². The molecule has 0 aliphatic carbocycles. The molecule has 1 aliphatic heterocycles. The van der Waals surface area contributed by atoms with Crippen molar-refractivity contribution in [3.8, 4) is 0 Å². The number of rotatable bonds is 1. The Morgan fingerprint density at radius 3 is 2.76 bits per heavy atom. The maximum atomic E-state index is 11.6. The summed E-state index contributed by atoms with van der Waals surface area (Å²) in [6.45, 7) is 0. The lowest BCUT2D eigenvalue weighted by Gasteiger charge is -2.30. The van der Waals surface area contributed by atoms with Crippen molar-refractivity contribution in [1.29, 1.82) is 0 Å². The molecule has 1 unspecified atom stereocenters. The summed E-state index contributed by atoms with van der Waals surface area (Å²) in [5, 5.41) is 1.04. The van der Waals surface area contributed by atoms with Crippen molar-refractivity contribution >= 4 is 41.1 Å². The molecule has 1 aliphatic rings. The normalized spacial score (nSPS) is 19.9. The van der Waals surface area contributed by atoms with Crippen LogP contribution in [-0.4, -0.2) is 30.5 Å². The van der Waals surface area contributed by atoms with Crippen LogP contribution in [0.1, 0.15) is 5.56 Å². The number of hydrogen-bond acceptors (Lipinski definition) is 4. The van der Waals surface area contributed by atoms with Crippen LogP contribution in [0.2, 0.25) is 10.0 Å². The molecule has 1 aromatic rings. The molecule has 92 valence electrons. The lowest BCUT2D eigenvalue weighted by Crippen LogP contribution is -2.39. The molecule has 2 rings (SSSR count). The Morgan fingerprint density at radius 1 is 1.47 bits per heavy atom. The molecule has 1 heterocycles. The number of ether oxygens (including phenoxy) is 1. The molecule has 0 fully saturated rings. The number of fused-ring (bicyclic) bond motifs is 1. The smallest absolute Gasteiger partial charge is 0.324 e. The van der Waals surface area contributed by atoms with Crippen LogP contribution in [0.4, 0.5) is 0 Å². The van der Waals surface area contributed by atoms with Crippen LogP contribution in [0.3, 0.4) is 0 Å². The van der Waals surface area contributed by atoms with Crippen molar-refractivity contribution in [3.63, 3.8) is 0 Å². The average Bonchev–Trinajstić information content (AvgIpc) is 2.30. The fourth-order valence-electron chi connectivity index (χ4n) is 1.74. The Morgan fingerprint density at radius 2 is 2.12 bits per heavy atom. The molecule has 0 aromatic heterocycles. The van der Waals surface area contributed by atoms with Crippen LogP contribution in [0, 0.1) is 0 Å². The summed E-state index contributed by atoms with van der Waals surface area (Å²) in [5.41, 5.74) is 1.03. The SMILES string of the molecule is COC(=O)C1Cc2cc(Cl)c(Cl)cc2SN1C. The van der Waals surface area contributed by atoms with Crippen molar-refractivity contribution in [2.75, 3.05) is 14.2 Å². The molecular formula is C11H11Cl2NO2S. The lowest BCUT2D eigenvalue weighted by atomic mass is 10.1. The van der Waals surface area contributed by atoms with E-state index in [0.717, 1.165) is 10.5 Å². The highest BCUT2D eigenvalue weighted by Gasteiger charge is 2.31. The van der Waals surface area contributed by atoms with Gasteiger partial charge in [-0.1, -0.05) is 23.2 Å². The summed E-state index contributed by atoms with van der Waals surface area (Å²) >= 11 is 13.4. The van der Waals surface area contributed by atoms with Crippen LogP contribution in [0.25, 0.3) is 0 Å². The van der Waals surface area contributed by atoms with Crippen LogP contribution < -0.4 is 0 Å². The Bertz CT molecular complexity index is 467. The second-order valence-corrected chi connectivity index (χ2v) is 5.77. The maximum absolute atomic E-state index is 11.6. The number of esters is 1. The zero-order valence-corrected chi connectivity index (χ0v) is 11.7. The molecular weight excluding hydrogens is 281 g/mol. The maximum Gasteiger partial charge on any atom is 0.324 e. The summed E-state index contributed by atoms with van der Waals surface area (Å²) in [4.78, 5) is 12.6. The van der Waals surface area contributed by atoms with Gasteiger partial charge in [0.25, 0.3) is 0 Å². The third-order valence-electron chi connectivity index (χ3n) is 2.67. The van der Waals surface area contributed by atoms with Gasteiger partial charge in [0.2, 0.25) is 0 Å². The van der Waals surface area contributed by atoms with E-state index in [4.69, 9.17) is 27.9 Å². The highest BCUT2D eigenvalue weighted by molar-refractivity contribution is 7.97. The molecule has 0 radical (unpaired) electrons. The topological polar surface area (TPSA) is 29.5 Å². The first-order valence-electron chi connectivity index (χ1n) is 4.99. The third-order valence-corrected chi connectivity index (χ3v) is 4.51. The van der Waals surface area contributed by atoms with Gasteiger partial charge in [0.15, 0.2) is 0 Å². The minimum atomic E-state index is -0.283. The van der Waals surface area contributed by atoms with Gasteiger partial charge in [0.1, 0.15) is 6.04 Å². The van der Waals surface area contributed by atoms with Gasteiger partial charge in [-0.15, -0.1) is 0 Å². The van der Waals surface area contributed by atoms with Crippen molar-refractivity contribution in [2.45, 2.75) is 17.4 Å². The Balaban J connectivity index is 2.34. The minimum absolute atomic E-state index is 0.239. The predicted molar refractivity (Wildman–Crippen MR) is 69.6 cm³/mol. The monoisotopic (exact) mass is 291 g/mol. The van der Waals surface area contributed by atoms with Gasteiger partial charge in [-0.25, -0.2) is 4.31 Å². The Labute approximate surface area is 114 Å². The zero-order valence-electron chi connectivity index (χ0n) is 9.37. The highest BCUT2D eigenvalue weighted by Crippen LogP contribution is 2.38. The van der Waals surface area contributed by atoms with Crippen LogP contribution >= 0.6 is 35.1 Å². The number of hydrogen-bond donors (Lipinski definition) is 0. The number of likely N-dealkylation sites (N-methyl/N-ethyl adjacent to an activating group) is 1. The highest BCUT2D eigenvalue weighted by atomic mass is 35.5. The second-order valence-electron chi connectivity index (χ2n) is 3.75. The molecule has 0 saturated carbocycles. The van der Waals surface area contributed by atoms with Crippen LogP contribution in [-0.2, 0) is 16.0 Å². The number of benzene rings is 1. The van der Waals surface area contributed by atoms with E-state index in [-0.39, 0.29) is 12.0 Å². The van der Waals surface area contributed by atoms with Gasteiger partial charge in [-0.3, -0.25) is 4.79 Å². The lowest BCUT2D eigenvalue weighted by molar-refractivity contribution is -0.144. The van der Waals surface area contributed by atoms with E-state index in [1.807, 2.05) is 23.5 Å². The van der Waals surface area contributed by atoms with Gasteiger partial charge >= 0.3 is 5.97 Å². The summed E-state index contributed by atoms with van der Waals surface area (Å²) < 4.78 is 6.65. The molecule has 0 amide bonds. The third kappa shape index (κ3) is 2.55. The first-order chi connectivity index (χ1) is 8.02. The number of carbonyl (C=O) groups excluding carboxylic acids is 1. The number of nitrogens with zero attached hydrogens (tertiary/aromatic N) is 1. The number of halogens is 2. The fraction of sp³-hybridized carbons (Fsp3) is 0.364. The van der Waals surface area contributed by atoms with E-state index in [2.05, 4.69) is 0 Å². The van der Waals surface area contributed by atoms with Gasteiger partial charge in [0, 0.05) is 11.3 Å². The average molecular weight is 292 g/mol. The summed E-state index contributed by atoms with van der Waals surface area (Å²) in [5.74, 6) is -0.239. The summed E-state index contributed by atoms with van der Waals surface area (Å²) in [6, 6.07) is 3.36. The summed E-state index contributed by atoms with van der Waals surface area (Å²) in [6.07, 6.45) is 0.586. The molecule has 6 heteroatoms. The molecule has 17 heavy (non-hydrogen) atoms. The molecule has 1 aromatic carbocycles. The fourth-order valence-corrected chi connectivity index (χ4v) is 3.18. The van der Waals surface area contributed by atoms with Crippen molar-refractivity contribution in [1.82, 2.24) is 4.31 Å². The zero-order chi connectivity index (χ0) is 12.6. The van der Waals surface area contributed by atoms with Gasteiger partial charge < -0.3 is 4.74 Å². The van der Waals surface area contributed by atoms with E-state index in [0.29, 0.717) is 16.5 Å². The predicted octanol–water partition coefficient (Wildman–Crippen LogP) is 3.03. The Hall–Kier alpha value is -0.420. The molecule has 0 N–H and O–H groups in total. The second kappa shape index (κ2) is 5.06. The van der Waals surface area contributed by atoms with Crippen LogP contribution in [0.5, 0.6) is 0 Å². The van der Waals surface area contributed by atoms with E-state index >= 15 is 0 Å². The molecule has 0 saturated heterocycles. The van der Waals surface area contributed by atoms with E-state index in [1.165, 1.54) is 19.1 Å². The number of carbonyl (C=O) groups is 1. The van der Waals surface area contributed by atoms with Gasteiger partial charge in [-0.05, 0) is 36.7 Å². The van der Waals surface area contributed by atoms with E-state index < -0.39 is 0 Å². The largest absolute Gasteiger partial charge is 0.468 e. The van der Waals surface area contributed by atoms with Crippen LogP contribution in [0.15, 0.2) is 17.0 Å². The van der Waals surface area contributed by atoms with Crippen molar-refractivity contribution in [2.24, 2.45) is 0 Å². The minimum Gasteiger partial charge on any atom is -0.468 e. The molecule has 0 spiro atoms. The number of methoxy groups -OCH3 is 1. The summed E-state index contributed by atoms with van der Waals surface area (Å²) in [7, 11) is 3.25. The molecule has 1 atom stereocenters.